The minimum atomic E-state index is 0.0568. The number of thiophene rings is 1. The average molecular weight is 280 g/mol. The van der Waals surface area contributed by atoms with Gasteiger partial charge in [0.05, 0.1) is 11.7 Å². The van der Waals surface area contributed by atoms with Gasteiger partial charge in [0, 0.05) is 13.1 Å². The van der Waals surface area contributed by atoms with Crippen LogP contribution in [0.15, 0.2) is 22.6 Å². The van der Waals surface area contributed by atoms with E-state index in [2.05, 4.69) is 29.3 Å². The van der Waals surface area contributed by atoms with E-state index in [1.807, 2.05) is 11.4 Å². The molecule has 2 aromatic heterocycles. The van der Waals surface area contributed by atoms with Crippen molar-refractivity contribution < 1.29 is 0 Å². The lowest BCUT2D eigenvalue weighted by atomic mass is 10.4. The molecule has 0 spiro atoms. The zero-order chi connectivity index (χ0) is 13.7. The van der Waals surface area contributed by atoms with Gasteiger partial charge in [-0.25, -0.2) is 4.98 Å². The Bertz CT molecular complexity index is 575. The molecule has 0 aliphatic carbocycles. The van der Waals surface area contributed by atoms with Crippen LogP contribution in [0.5, 0.6) is 0 Å². The molecule has 0 aromatic carbocycles. The van der Waals surface area contributed by atoms with E-state index >= 15 is 0 Å². The van der Waals surface area contributed by atoms with Crippen LogP contribution in [0.3, 0.4) is 0 Å². The monoisotopic (exact) mass is 280 g/mol. The van der Waals surface area contributed by atoms with Gasteiger partial charge in [0.15, 0.2) is 0 Å². The highest BCUT2D eigenvalue weighted by Gasteiger charge is 2.04. The Labute approximate surface area is 116 Å². The van der Waals surface area contributed by atoms with E-state index in [1.165, 1.54) is 11.3 Å². The molecule has 0 saturated carbocycles. The highest BCUT2D eigenvalue weighted by Crippen LogP contribution is 2.12. The van der Waals surface area contributed by atoms with Crippen molar-refractivity contribution in [1.82, 2.24) is 19.8 Å². The van der Waals surface area contributed by atoms with Crippen LogP contribution >= 0.6 is 11.3 Å². The molecule has 0 saturated heterocycles. The summed E-state index contributed by atoms with van der Waals surface area (Å²) in [6, 6.07) is 1.84. The SMILES string of the molecule is CN(C)CCCNCCn1cnc2sccc2c1=O. The van der Waals surface area contributed by atoms with Gasteiger partial charge in [-0.05, 0) is 45.1 Å². The lowest BCUT2D eigenvalue weighted by Crippen LogP contribution is -2.28. The number of fused-ring (bicyclic) bond motifs is 1. The summed E-state index contributed by atoms with van der Waals surface area (Å²) in [4.78, 5) is 19.4. The number of hydrogen-bond acceptors (Lipinski definition) is 5. The van der Waals surface area contributed by atoms with Gasteiger partial charge in [0.2, 0.25) is 0 Å². The number of aromatic nitrogens is 2. The van der Waals surface area contributed by atoms with E-state index in [0.717, 1.165) is 36.3 Å². The summed E-state index contributed by atoms with van der Waals surface area (Å²) in [5.74, 6) is 0. The normalized spacial score (nSPS) is 11.5. The second kappa shape index (κ2) is 6.79. The van der Waals surface area contributed by atoms with Gasteiger partial charge in [-0.3, -0.25) is 9.36 Å². The van der Waals surface area contributed by atoms with E-state index in [-0.39, 0.29) is 5.56 Å². The largest absolute Gasteiger partial charge is 0.315 e. The minimum Gasteiger partial charge on any atom is -0.315 e. The fourth-order valence-corrected chi connectivity index (χ4v) is 2.62. The highest BCUT2D eigenvalue weighted by molar-refractivity contribution is 7.16. The van der Waals surface area contributed by atoms with Crippen molar-refractivity contribution in [3.05, 3.63) is 28.1 Å². The molecular formula is C13H20N4OS. The zero-order valence-electron chi connectivity index (χ0n) is 11.4. The van der Waals surface area contributed by atoms with Gasteiger partial charge in [0.25, 0.3) is 5.56 Å². The van der Waals surface area contributed by atoms with Crippen LogP contribution in [-0.4, -0.2) is 48.2 Å². The van der Waals surface area contributed by atoms with Crippen molar-refractivity contribution in [1.29, 1.82) is 0 Å². The first-order valence-electron chi connectivity index (χ1n) is 6.46. The maximum atomic E-state index is 12.1. The summed E-state index contributed by atoms with van der Waals surface area (Å²) >= 11 is 1.50. The molecule has 5 nitrogen and oxygen atoms in total. The fourth-order valence-electron chi connectivity index (χ4n) is 1.90. The van der Waals surface area contributed by atoms with E-state index in [1.54, 1.807) is 10.9 Å². The van der Waals surface area contributed by atoms with Gasteiger partial charge in [-0.2, -0.15) is 0 Å². The molecule has 0 atom stereocenters. The first-order chi connectivity index (χ1) is 9.18. The van der Waals surface area contributed by atoms with Crippen molar-refractivity contribution in [2.24, 2.45) is 0 Å². The van der Waals surface area contributed by atoms with E-state index in [9.17, 15) is 4.79 Å². The molecule has 19 heavy (non-hydrogen) atoms. The fraction of sp³-hybridized carbons (Fsp3) is 0.538. The predicted octanol–water partition coefficient (Wildman–Crippen LogP) is 0.999. The number of hydrogen-bond donors (Lipinski definition) is 1. The Hall–Kier alpha value is -1.24. The molecule has 0 aliphatic rings. The smallest absolute Gasteiger partial charge is 0.262 e. The van der Waals surface area contributed by atoms with E-state index in [4.69, 9.17) is 0 Å². The van der Waals surface area contributed by atoms with Crippen molar-refractivity contribution in [2.45, 2.75) is 13.0 Å². The van der Waals surface area contributed by atoms with Gasteiger partial charge >= 0.3 is 0 Å². The molecule has 2 aromatic rings. The Balaban J connectivity index is 1.81. The summed E-state index contributed by atoms with van der Waals surface area (Å²) in [7, 11) is 4.14. The van der Waals surface area contributed by atoms with Crippen molar-refractivity contribution >= 4 is 21.6 Å². The second-order valence-corrected chi connectivity index (χ2v) is 5.68. The molecule has 6 heteroatoms. The molecule has 104 valence electrons. The number of nitrogens with zero attached hydrogens (tertiary/aromatic N) is 3. The van der Waals surface area contributed by atoms with Crippen molar-refractivity contribution in [3.8, 4) is 0 Å². The maximum absolute atomic E-state index is 12.1. The highest BCUT2D eigenvalue weighted by atomic mass is 32.1. The van der Waals surface area contributed by atoms with Crippen LogP contribution in [-0.2, 0) is 6.54 Å². The van der Waals surface area contributed by atoms with Crippen molar-refractivity contribution in [2.75, 3.05) is 33.7 Å². The summed E-state index contributed by atoms with van der Waals surface area (Å²) < 4.78 is 1.67. The maximum Gasteiger partial charge on any atom is 0.262 e. The number of rotatable bonds is 7. The molecule has 0 radical (unpaired) electrons. The Morgan fingerprint density at radius 3 is 3.05 bits per heavy atom. The first kappa shape index (κ1) is 14.2. The summed E-state index contributed by atoms with van der Waals surface area (Å²) in [5, 5.41) is 5.97. The first-order valence-corrected chi connectivity index (χ1v) is 7.34. The summed E-state index contributed by atoms with van der Waals surface area (Å²) in [6.45, 7) is 3.51. The van der Waals surface area contributed by atoms with Crippen molar-refractivity contribution in [3.63, 3.8) is 0 Å². The van der Waals surface area contributed by atoms with Crippen LogP contribution < -0.4 is 10.9 Å². The van der Waals surface area contributed by atoms with Crippen LogP contribution in [0.2, 0.25) is 0 Å². The van der Waals surface area contributed by atoms with Gasteiger partial charge in [-0.1, -0.05) is 0 Å². The van der Waals surface area contributed by atoms with E-state index in [0.29, 0.717) is 6.54 Å². The molecule has 2 heterocycles. The summed E-state index contributed by atoms with van der Waals surface area (Å²) in [5.41, 5.74) is 0.0568. The lowest BCUT2D eigenvalue weighted by Gasteiger charge is -2.10. The Morgan fingerprint density at radius 1 is 1.42 bits per heavy atom. The molecule has 0 fully saturated rings. The van der Waals surface area contributed by atoms with Crippen LogP contribution in [0.25, 0.3) is 10.2 Å². The van der Waals surface area contributed by atoms with Crippen LogP contribution in [0.1, 0.15) is 6.42 Å². The molecule has 0 aliphatic heterocycles. The van der Waals surface area contributed by atoms with Crippen LogP contribution in [0.4, 0.5) is 0 Å². The third-order valence-electron chi connectivity index (χ3n) is 2.94. The molecule has 0 unspecified atom stereocenters. The standard InChI is InChI=1S/C13H20N4OS/c1-16(2)7-3-5-14-6-8-17-10-15-12-11(13(17)18)4-9-19-12/h4,9-10,14H,3,5-8H2,1-2H3. The Morgan fingerprint density at radius 2 is 2.26 bits per heavy atom. The zero-order valence-corrected chi connectivity index (χ0v) is 12.2. The van der Waals surface area contributed by atoms with Gasteiger partial charge < -0.3 is 10.2 Å². The average Bonchev–Trinajstić information content (AvgIpc) is 2.84. The van der Waals surface area contributed by atoms with E-state index < -0.39 is 0 Å². The minimum absolute atomic E-state index is 0.0568. The second-order valence-electron chi connectivity index (χ2n) is 4.79. The molecule has 0 amide bonds. The quantitative estimate of drug-likeness (QED) is 0.769. The molecular weight excluding hydrogens is 260 g/mol. The predicted molar refractivity (Wildman–Crippen MR) is 79.9 cm³/mol. The summed E-state index contributed by atoms with van der Waals surface area (Å²) in [6.07, 6.45) is 2.76. The van der Waals surface area contributed by atoms with Gasteiger partial charge in [-0.15, -0.1) is 11.3 Å². The third-order valence-corrected chi connectivity index (χ3v) is 3.76. The molecule has 0 bridgehead atoms. The number of nitrogens with one attached hydrogen (secondary N) is 1. The van der Waals surface area contributed by atoms with Crippen LogP contribution in [0, 0.1) is 0 Å². The molecule has 1 N–H and O–H groups in total. The topological polar surface area (TPSA) is 50.2 Å². The third kappa shape index (κ3) is 3.86. The van der Waals surface area contributed by atoms with Gasteiger partial charge in [0.1, 0.15) is 4.83 Å². The Kier molecular flexibility index (Phi) is 5.07. The molecule has 2 rings (SSSR count). The lowest BCUT2D eigenvalue weighted by molar-refractivity contribution is 0.393.